The molecule has 0 atom stereocenters. The summed E-state index contributed by atoms with van der Waals surface area (Å²) in [7, 11) is 0.988. The molecular weight excluding hydrogens is 606 g/mol. The van der Waals surface area contributed by atoms with Gasteiger partial charge < -0.3 is 39.5 Å². The number of rotatable bonds is 13. The van der Waals surface area contributed by atoms with E-state index < -0.39 is 30.3 Å². The van der Waals surface area contributed by atoms with Gasteiger partial charge in [-0.25, -0.2) is 4.98 Å². The van der Waals surface area contributed by atoms with E-state index in [0.717, 1.165) is 0 Å². The number of hydrogen-bond donors (Lipinski definition) is 4. The van der Waals surface area contributed by atoms with E-state index in [-0.39, 0.29) is 66.2 Å². The summed E-state index contributed by atoms with van der Waals surface area (Å²) in [5, 5.41) is 3.84. The molecule has 0 aliphatic carbocycles. The van der Waals surface area contributed by atoms with Crippen molar-refractivity contribution in [1.82, 2.24) is 14.9 Å². The quantitative estimate of drug-likeness (QED) is 0.186. The number of anilines is 4. The Morgan fingerprint density at radius 1 is 1.02 bits per heavy atom. The number of methoxy groups -OCH3 is 3. The summed E-state index contributed by atoms with van der Waals surface area (Å²) < 4.78 is 70.4. The van der Waals surface area contributed by atoms with Crippen LogP contribution in [0.3, 0.4) is 0 Å². The van der Waals surface area contributed by atoms with Crippen LogP contribution in [0, 0.1) is 0 Å². The number of amides is 1. The number of fused-ring (bicyclic) bond motifs is 1. The summed E-state index contributed by atoms with van der Waals surface area (Å²) in [5.74, 6) is -1.03. The molecular formula is C28H33F3N5O7P. The molecule has 1 amide bonds. The first-order valence-corrected chi connectivity index (χ1v) is 14.9. The van der Waals surface area contributed by atoms with Gasteiger partial charge in [0, 0.05) is 47.2 Å². The molecule has 1 aromatic heterocycles. The maximum atomic E-state index is 14.0. The molecule has 4 rings (SSSR count). The van der Waals surface area contributed by atoms with E-state index in [1.807, 2.05) is 0 Å². The van der Waals surface area contributed by atoms with Crippen LogP contribution in [0.4, 0.5) is 36.3 Å². The average molecular weight is 640 g/mol. The van der Waals surface area contributed by atoms with Gasteiger partial charge in [-0.15, -0.1) is 0 Å². The number of alkyl halides is 3. The van der Waals surface area contributed by atoms with Crippen molar-refractivity contribution in [2.45, 2.75) is 30.7 Å². The van der Waals surface area contributed by atoms with Gasteiger partial charge in [0.15, 0.2) is 0 Å². The van der Waals surface area contributed by atoms with Crippen molar-refractivity contribution in [2.24, 2.45) is 0 Å². The van der Waals surface area contributed by atoms with Crippen LogP contribution in [0.2, 0.25) is 0 Å². The first kappa shape index (κ1) is 33.1. The van der Waals surface area contributed by atoms with Crippen LogP contribution in [0.5, 0.6) is 5.75 Å². The lowest BCUT2D eigenvalue weighted by molar-refractivity contribution is -0.137. The third-order valence-electron chi connectivity index (χ3n) is 7.45. The topological polar surface area (TPSA) is 155 Å². The molecule has 1 aliphatic heterocycles. The number of nitrogens with one attached hydrogen (secondary N) is 2. The number of carbonyl (C=O) groups is 1. The molecule has 1 aliphatic rings. The van der Waals surface area contributed by atoms with Gasteiger partial charge in [-0.3, -0.25) is 9.36 Å². The summed E-state index contributed by atoms with van der Waals surface area (Å²) in [4.78, 5) is 42.9. The van der Waals surface area contributed by atoms with Crippen molar-refractivity contribution in [3.63, 3.8) is 0 Å². The molecule has 0 bridgehead atoms. The van der Waals surface area contributed by atoms with Gasteiger partial charge in [-0.2, -0.15) is 18.2 Å². The minimum Gasteiger partial charge on any atom is -0.495 e. The van der Waals surface area contributed by atoms with E-state index in [0.29, 0.717) is 18.3 Å². The van der Waals surface area contributed by atoms with Crippen LogP contribution in [-0.2, 0) is 31.9 Å². The molecule has 0 saturated carbocycles. The number of carbonyl (C=O) groups excluding carboxylic acids is 1. The molecule has 0 fully saturated rings. The van der Waals surface area contributed by atoms with Gasteiger partial charge in [-0.1, -0.05) is 18.2 Å². The van der Waals surface area contributed by atoms with Crippen molar-refractivity contribution in [1.29, 1.82) is 0 Å². The fourth-order valence-electron chi connectivity index (χ4n) is 5.10. The number of aromatic nitrogens is 2. The van der Waals surface area contributed by atoms with Crippen molar-refractivity contribution < 1.29 is 46.5 Å². The summed E-state index contributed by atoms with van der Waals surface area (Å²) in [6, 6.07) is 9.23. The Bertz CT molecular complexity index is 1560. The highest BCUT2D eigenvalue weighted by Crippen LogP contribution is 2.61. The molecule has 0 saturated heterocycles. The van der Waals surface area contributed by atoms with Gasteiger partial charge in [0.25, 0.3) is 5.91 Å². The molecule has 0 spiro atoms. The normalized spacial score (nSPS) is 13.7. The Balaban J connectivity index is 1.73. The summed E-state index contributed by atoms with van der Waals surface area (Å²) >= 11 is 0. The highest BCUT2D eigenvalue weighted by molar-refractivity contribution is 7.53. The molecule has 2 aromatic carbocycles. The van der Waals surface area contributed by atoms with Crippen LogP contribution in [0.15, 0.2) is 42.6 Å². The highest BCUT2D eigenvalue weighted by atomic mass is 31.2. The van der Waals surface area contributed by atoms with E-state index in [1.165, 1.54) is 50.5 Å². The van der Waals surface area contributed by atoms with Gasteiger partial charge in [0.2, 0.25) is 5.95 Å². The molecule has 0 unspecified atom stereocenters. The van der Waals surface area contributed by atoms with E-state index in [2.05, 4.69) is 20.6 Å². The summed E-state index contributed by atoms with van der Waals surface area (Å²) in [5.41, 5.74) is 0.405. The van der Waals surface area contributed by atoms with Gasteiger partial charge in [0.05, 0.1) is 24.0 Å². The second-order valence-corrected chi connectivity index (χ2v) is 12.1. The van der Waals surface area contributed by atoms with Crippen molar-refractivity contribution in [3.05, 3.63) is 64.8 Å². The van der Waals surface area contributed by atoms with E-state index in [4.69, 9.17) is 14.2 Å². The third kappa shape index (κ3) is 6.66. The van der Waals surface area contributed by atoms with Crippen LogP contribution < -0.4 is 15.4 Å². The summed E-state index contributed by atoms with van der Waals surface area (Å²) in [6.07, 6.45) is -4.24. The smallest absolute Gasteiger partial charge is 0.421 e. The Hall–Kier alpha value is -3.75. The second kappa shape index (κ2) is 13.1. The van der Waals surface area contributed by atoms with Crippen LogP contribution in [0.25, 0.3) is 0 Å². The predicted molar refractivity (Wildman–Crippen MR) is 156 cm³/mol. The van der Waals surface area contributed by atoms with Crippen LogP contribution in [-0.4, -0.2) is 72.2 Å². The lowest BCUT2D eigenvalue weighted by Crippen LogP contribution is -2.30. The first-order chi connectivity index (χ1) is 20.8. The molecule has 16 heteroatoms. The van der Waals surface area contributed by atoms with E-state index >= 15 is 0 Å². The number of ether oxygens (including phenoxy) is 3. The van der Waals surface area contributed by atoms with E-state index in [9.17, 15) is 32.3 Å². The zero-order valence-electron chi connectivity index (χ0n) is 24.4. The van der Waals surface area contributed by atoms with Gasteiger partial charge in [-0.05, 0) is 42.2 Å². The standard InChI is InChI=1S/C28H33F3N5O7P/c1-36-16-17-6-5-7-21(23(17)25(36)37)33-24-19(28(29,30)31)15-32-26(35-24)34-20-9-8-18(14-22(20)43-4)27(10-12-41-2,11-13-42-3)44(38,39)40/h5-9,14-15H,10-13,16H2,1-4H3,(H2,38,39,40)(H2,32,33,34,35). The van der Waals surface area contributed by atoms with Crippen LogP contribution in [0.1, 0.15) is 39.9 Å². The number of halogens is 3. The Kier molecular flexibility index (Phi) is 9.86. The lowest BCUT2D eigenvalue weighted by atomic mass is 9.91. The molecule has 4 N–H and O–H groups in total. The third-order valence-corrected chi connectivity index (χ3v) is 9.27. The zero-order chi connectivity index (χ0) is 32.3. The van der Waals surface area contributed by atoms with Crippen molar-refractivity contribution in [2.75, 3.05) is 52.2 Å². The minimum absolute atomic E-state index is 0.0222. The maximum Gasteiger partial charge on any atom is 0.421 e. The molecule has 44 heavy (non-hydrogen) atoms. The second-order valence-electron chi connectivity index (χ2n) is 10.2. The Labute approximate surface area is 251 Å². The summed E-state index contributed by atoms with van der Waals surface area (Å²) in [6.45, 7) is 0.431. The number of nitrogens with zero attached hydrogens (tertiary/aromatic N) is 3. The number of hydrogen-bond acceptors (Lipinski definition) is 9. The predicted octanol–water partition coefficient (Wildman–Crippen LogP) is 5.02. The zero-order valence-corrected chi connectivity index (χ0v) is 25.3. The largest absolute Gasteiger partial charge is 0.495 e. The van der Waals surface area contributed by atoms with Crippen molar-refractivity contribution >= 4 is 36.6 Å². The highest BCUT2D eigenvalue weighted by Gasteiger charge is 2.48. The molecule has 2 heterocycles. The van der Waals surface area contributed by atoms with Crippen LogP contribution >= 0.6 is 7.60 Å². The minimum atomic E-state index is -4.81. The Morgan fingerprint density at radius 2 is 1.70 bits per heavy atom. The SMILES string of the molecule is COCCC(CCOC)(c1ccc(Nc2ncc(C(F)(F)F)c(Nc3cccc4c3C(=O)N(C)C4)n2)c(OC)c1)P(=O)(O)O. The monoisotopic (exact) mass is 639 g/mol. The van der Waals surface area contributed by atoms with Gasteiger partial charge in [0.1, 0.15) is 22.3 Å². The fraction of sp³-hybridized carbons (Fsp3) is 0.393. The molecule has 3 aromatic rings. The molecule has 238 valence electrons. The molecule has 12 nitrogen and oxygen atoms in total. The average Bonchev–Trinajstić information content (AvgIpc) is 3.26. The first-order valence-electron chi connectivity index (χ1n) is 13.3. The Morgan fingerprint density at radius 3 is 2.30 bits per heavy atom. The maximum absolute atomic E-state index is 14.0. The van der Waals surface area contributed by atoms with Gasteiger partial charge >= 0.3 is 13.8 Å². The fourth-order valence-corrected chi connectivity index (χ4v) is 6.34. The van der Waals surface area contributed by atoms with E-state index in [1.54, 1.807) is 19.2 Å². The number of benzene rings is 2. The lowest BCUT2D eigenvalue weighted by Gasteiger charge is -2.35. The molecule has 0 radical (unpaired) electrons. The van der Waals surface area contributed by atoms with Crippen molar-refractivity contribution in [3.8, 4) is 5.75 Å².